The summed E-state index contributed by atoms with van der Waals surface area (Å²) in [5.74, 6) is 6.14. The summed E-state index contributed by atoms with van der Waals surface area (Å²) in [6, 6.07) is 13.1. The number of rotatable bonds is 5. The van der Waals surface area contributed by atoms with Crippen LogP contribution in [0, 0.1) is 19.7 Å². The molecule has 0 saturated heterocycles. The van der Waals surface area contributed by atoms with Crippen LogP contribution in [0.15, 0.2) is 47.4 Å². The highest BCUT2D eigenvalue weighted by molar-refractivity contribution is 7.99. The summed E-state index contributed by atoms with van der Waals surface area (Å²) in [6.45, 7) is 4.13. The topological polar surface area (TPSA) is 38.0 Å². The van der Waals surface area contributed by atoms with E-state index in [1.807, 2.05) is 6.07 Å². The Kier molecular flexibility index (Phi) is 5.17. The van der Waals surface area contributed by atoms with Crippen molar-refractivity contribution in [1.29, 1.82) is 0 Å². The van der Waals surface area contributed by atoms with E-state index >= 15 is 0 Å². The van der Waals surface area contributed by atoms with Crippen molar-refractivity contribution in [2.75, 3.05) is 5.75 Å². The van der Waals surface area contributed by atoms with Gasteiger partial charge in [0.1, 0.15) is 5.82 Å². The predicted octanol–water partition coefficient (Wildman–Crippen LogP) is 3.74. The molecule has 2 aromatic rings. The van der Waals surface area contributed by atoms with Gasteiger partial charge >= 0.3 is 0 Å². The van der Waals surface area contributed by atoms with Crippen molar-refractivity contribution in [2.45, 2.75) is 24.8 Å². The summed E-state index contributed by atoms with van der Waals surface area (Å²) in [4.78, 5) is 0.650. The minimum atomic E-state index is -0.186. The highest BCUT2D eigenvalue weighted by atomic mass is 32.2. The lowest BCUT2D eigenvalue weighted by Gasteiger charge is -2.17. The molecule has 20 heavy (non-hydrogen) atoms. The number of benzene rings is 2. The van der Waals surface area contributed by atoms with Crippen LogP contribution in [0.1, 0.15) is 22.7 Å². The molecule has 1 unspecified atom stereocenters. The lowest BCUT2D eigenvalue weighted by Crippen LogP contribution is -2.29. The van der Waals surface area contributed by atoms with Crippen molar-refractivity contribution in [3.63, 3.8) is 0 Å². The monoisotopic (exact) mass is 290 g/mol. The van der Waals surface area contributed by atoms with E-state index in [2.05, 4.69) is 37.5 Å². The Bertz CT molecular complexity index is 566. The van der Waals surface area contributed by atoms with Gasteiger partial charge in [-0.1, -0.05) is 41.5 Å². The number of thioether (sulfide) groups is 1. The van der Waals surface area contributed by atoms with Crippen LogP contribution in [-0.4, -0.2) is 5.75 Å². The van der Waals surface area contributed by atoms with Gasteiger partial charge in [-0.15, -0.1) is 11.8 Å². The Morgan fingerprint density at radius 1 is 1.15 bits per heavy atom. The van der Waals surface area contributed by atoms with Crippen molar-refractivity contribution in [2.24, 2.45) is 5.84 Å². The molecule has 0 bridgehead atoms. The van der Waals surface area contributed by atoms with Gasteiger partial charge in [-0.05, 0) is 31.5 Å². The van der Waals surface area contributed by atoms with Crippen LogP contribution < -0.4 is 11.3 Å². The molecule has 0 saturated carbocycles. The van der Waals surface area contributed by atoms with Crippen molar-refractivity contribution < 1.29 is 4.39 Å². The summed E-state index contributed by atoms with van der Waals surface area (Å²) in [5, 5.41) is 0. The molecule has 0 radical (unpaired) electrons. The number of nitrogens with two attached hydrogens (primary N) is 1. The second-order valence-electron chi connectivity index (χ2n) is 4.88. The number of aryl methyl sites for hydroxylation is 2. The molecule has 2 aromatic carbocycles. The molecule has 0 aliphatic rings. The highest BCUT2D eigenvalue weighted by Gasteiger charge is 2.12. The van der Waals surface area contributed by atoms with Gasteiger partial charge in [0.05, 0.1) is 6.04 Å². The molecule has 0 fully saturated rings. The van der Waals surface area contributed by atoms with Gasteiger partial charge in [-0.3, -0.25) is 11.3 Å². The van der Waals surface area contributed by atoms with Crippen LogP contribution in [-0.2, 0) is 0 Å². The van der Waals surface area contributed by atoms with Crippen LogP contribution in [0.4, 0.5) is 4.39 Å². The summed E-state index contributed by atoms with van der Waals surface area (Å²) < 4.78 is 13.6. The first-order chi connectivity index (χ1) is 9.60. The molecule has 0 amide bonds. The Morgan fingerprint density at radius 2 is 1.80 bits per heavy atom. The van der Waals surface area contributed by atoms with Crippen molar-refractivity contribution in [1.82, 2.24) is 5.43 Å². The molecule has 2 rings (SSSR count). The van der Waals surface area contributed by atoms with Crippen LogP contribution in [0.3, 0.4) is 0 Å². The SMILES string of the molecule is Cc1cc(C)cc(C(CSc2ccccc2F)NN)c1. The molecule has 1 atom stereocenters. The fraction of sp³-hybridized carbons (Fsp3) is 0.250. The number of hydrazine groups is 1. The molecule has 0 aromatic heterocycles. The van der Waals surface area contributed by atoms with Crippen LogP contribution in [0.2, 0.25) is 0 Å². The van der Waals surface area contributed by atoms with Gasteiger partial charge in [0.2, 0.25) is 0 Å². The van der Waals surface area contributed by atoms with Crippen LogP contribution in [0.5, 0.6) is 0 Å². The second-order valence-corrected chi connectivity index (χ2v) is 5.94. The molecule has 0 spiro atoms. The summed E-state index contributed by atoms with van der Waals surface area (Å²) in [7, 11) is 0. The summed E-state index contributed by atoms with van der Waals surface area (Å²) in [6.07, 6.45) is 0. The zero-order valence-corrected chi connectivity index (χ0v) is 12.5. The average molecular weight is 290 g/mol. The average Bonchev–Trinajstić information content (AvgIpc) is 2.40. The maximum absolute atomic E-state index is 13.6. The molecule has 2 nitrogen and oxygen atoms in total. The van der Waals surface area contributed by atoms with Crippen LogP contribution in [0.25, 0.3) is 0 Å². The third-order valence-corrected chi connectivity index (χ3v) is 4.23. The molecule has 0 aliphatic heterocycles. The van der Waals surface area contributed by atoms with Crippen molar-refractivity contribution >= 4 is 11.8 Å². The van der Waals surface area contributed by atoms with E-state index in [1.165, 1.54) is 29.0 Å². The van der Waals surface area contributed by atoms with Crippen molar-refractivity contribution in [3.05, 3.63) is 65.0 Å². The van der Waals surface area contributed by atoms with E-state index in [0.717, 1.165) is 5.56 Å². The molecular formula is C16H19FN2S. The first-order valence-corrected chi connectivity index (χ1v) is 7.50. The Balaban J connectivity index is 2.11. The zero-order valence-electron chi connectivity index (χ0n) is 11.7. The van der Waals surface area contributed by atoms with Gasteiger partial charge < -0.3 is 0 Å². The molecule has 0 heterocycles. The van der Waals surface area contributed by atoms with Crippen molar-refractivity contribution in [3.8, 4) is 0 Å². The maximum atomic E-state index is 13.6. The molecule has 0 aliphatic carbocycles. The number of nitrogens with one attached hydrogen (secondary N) is 1. The van der Waals surface area contributed by atoms with Gasteiger partial charge in [0.15, 0.2) is 0 Å². The maximum Gasteiger partial charge on any atom is 0.136 e. The fourth-order valence-corrected chi connectivity index (χ4v) is 3.20. The predicted molar refractivity (Wildman–Crippen MR) is 83.1 cm³/mol. The third kappa shape index (κ3) is 3.82. The number of hydrogen-bond donors (Lipinski definition) is 2. The van der Waals surface area contributed by atoms with E-state index in [9.17, 15) is 4.39 Å². The smallest absolute Gasteiger partial charge is 0.136 e. The second kappa shape index (κ2) is 6.88. The first-order valence-electron chi connectivity index (χ1n) is 6.52. The van der Waals surface area contributed by atoms with E-state index in [1.54, 1.807) is 12.1 Å². The lowest BCUT2D eigenvalue weighted by molar-refractivity contribution is 0.596. The lowest BCUT2D eigenvalue weighted by atomic mass is 10.0. The molecule has 4 heteroatoms. The Labute approximate surface area is 123 Å². The minimum absolute atomic E-state index is 0.00166. The van der Waals surface area contributed by atoms with Crippen LogP contribution >= 0.6 is 11.8 Å². The number of halogens is 1. The fourth-order valence-electron chi connectivity index (χ4n) is 2.19. The standard InChI is InChI=1S/C16H19FN2S/c1-11-7-12(2)9-13(8-11)15(19-18)10-20-16-6-4-3-5-14(16)17/h3-9,15,19H,10,18H2,1-2H3. The first kappa shape index (κ1) is 15.0. The number of hydrogen-bond acceptors (Lipinski definition) is 3. The van der Waals surface area contributed by atoms with E-state index in [0.29, 0.717) is 10.6 Å². The largest absolute Gasteiger partial charge is 0.271 e. The van der Waals surface area contributed by atoms with E-state index in [-0.39, 0.29) is 11.9 Å². The third-order valence-electron chi connectivity index (χ3n) is 3.09. The summed E-state index contributed by atoms with van der Waals surface area (Å²) >= 11 is 1.47. The normalized spacial score (nSPS) is 12.4. The van der Waals surface area contributed by atoms with Gasteiger partial charge in [0.25, 0.3) is 0 Å². The molecule has 106 valence electrons. The Hall–Kier alpha value is -1.36. The van der Waals surface area contributed by atoms with Gasteiger partial charge in [-0.25, -0.2) is 4.39 Å². The Morgan fingerprint density at radius 3 is 2.40 bits per heavy atom. The highest BCUT2D eigenvalue weighted by Crippen LogP contribution is 2.27. The van der Waals surface area contributed by atoms with E-state index < -0.39 is 0 Å². The van der Waals surface area contributed by atoms with E-state index in [4.69, 9.17) is 5.84 Å². The van der Waals surface area contributed by atoms with Gasteiger partial charge in [0, 0.05) is 10.6 Å². The minimum Gasteiger partial charge on any atom is -0.271 e. The zero-order chi connectivity index (χ0) is 14.5. The van der Waals surface area contributed by atoms with Gasteiger partial charge in [-0.2, -0.15) is 0 Å². The quantitative estimate of drug-likeness (QED) is 0.500. The summed E-state index contributed by atoms with van der Waals surface area (Å²) in [5.41, 5.74) is 6.36. The molecule has 3 N–H and O–H groups in total. The molecular weight excluding hydrogens is 271 g/mol.